The molecule has 0 aliphatic heterocycles. The molecule has 118 valence electrons. The van der Waals surface area contributed by atoms with Crippen LogP contribution in [0.25, 0.3) is 0 Å². The third-order valence-electron chi connectivity index (χ3n) is 3.15. The third-order valence-corrected chi connectivity index (χ3v) is 3.15. The fraction of sp³-hybridized carbons (Fsp3) is 0.846. The number of urea groups is 1. The zero-order valence-corrected chi connectivity index (χ0v) is 12.5. The zero-order valence-electron chi connectivity index (χ0n) is 12.5. The van der Waals surface area contributed by atoms with Crippen molar-refractivity contribution in [1.82, 2.24) is 10.6 Å². The summed E-state index contributed by atoms with van der Waals surface area (Å²) in [5, 5.41) is 14.3. The second-order valence-electron chi connectivity index (χ2n) is 4.43. The summed E-state index contributed by atoms with van der Waals surface area (Å²) in [5.41, 5.74) is -1.20. The summed E-state index contributed by atoms with van der Waals surface area (Å²) in [6.45, 7) is 5.50. The lowest BCUT2D eigenvalue weighted by molar-refractivity contribution is -0.144. The topological polar surface area (TPSA) is 96.9 Å². The molecule has 0 aromatic heterocycles. The molecule has 0 bridgehead atoms. The summed E-state index contributed by atoms with van der Waals surface area (Å²) in [7, 11) is 1.60. The van der Waals surface area contributed by atoms with Gasteiger partial charge in [0.25, 0.3) is 0 Å². The highest BCUT2D eigenvalue weighted by atomic mass is 16.5. The van der Waals surface area contributed by atoms with Crippen LogP contribution >= 0.6 is 0 Å². The molecule has 0 radical (unpaired) electrons. The Hall–Kier alpha value is -1.34. The highest BCUT2D eigenvalue weighted by Crippen LogP contribution is 2.14. The number of amides is 2. The average molecular weight is 290 g/mol. The van der Waals surface area contributed by atoms with E-state index in [1.165, 1.54) is 0 Å². The van der Waals surface area contributed by atoms with Gasteiger partial charge in [0.1, 0.15) is 5.54 Å². The Kier molecular flexibility index (Phi) is 9.75. The van der Waals surface area contributed by atoms with E-state index in [4.69, 9.17) is 9.47 Å². The van der Waals surface area contributed by atoms with Crippen LogP contribution in [0.15, 0.2) is 0 Å². The molecule has 0 rings (SSSR count). The molecule has 0 atom stereocenters. The minimum atomic E-state index is -1.20. The highest BCUT2D eigenvalue weighted by molar-refractivity contribution is 5.86. The molecule has 0 saturated carbocycles. The molecular weight excluding hydrogens is 264 g/mol. The van der Waals surface area contributed by atoms with E-state index >= 15 is 0 Å². The number of hydrogen-bond donors (Lipinski definition) is 3. The maximum Gasteiger partial charge on any atom is 0.329 e. The van der Waals surface area contributed by atoms with Crippen LogP contribution in [0.5, 0.6) is 0 Å². The third kappa shape index (κ3) is 6.72. The highest BCUT2D eigenvalue weighted by Gasteiger charge is 2.36. The number of carboxylic acid groups (broad SMARTS) is 1. The fourth-order valence-corrected chi connectivity index (χ4v) is 1.66. The van der Waals surface area contributed by atoms with E-state index in [0.29, 0.717) is 45.6 Å². The van der Waals surface area contributed by atoms with Gasteiger partial charge in [-0.3, -0.25) is 0 Å². The van der Waals surface area contributed by atoms with E-state index in [1.807, 2.05) is 0 Å². The maximum atomic E-state index is 11.7. The lowest BCUT2D eigenvalue weighted by Gasteiger charge is -2.28. The smallest absolute Gasteiger partial charge is 0.329 e. The summed E-state index contributed by atoms with van der Waals surface area (Å²) in [6, 6.07) is -0.465. The van der Waals surface area contributed by atoms with E-state index in [9.17, 15) is 14.7 Å². The Morgan fingerprint density at radius 3 is 2.30 bits per heavy atom. The first-order valence-electron chi connectivity index (χ1n) is 6.88. The van der Waals surface area contributed by atoms with Crippen LogP contribution < -0.4 is 10.6 Å². The van der Waals surface area contributed by atoms with Crippen molar-refractivity contribution in [1.29, 1.82) is 0 Å². The van der Waals surface area contributed by atoms with Crippen molar-refractivity contribution >= 4 is 12.0 Å². The van der Waals surface area contributed by atoms with Crippen LogP contribution in [0.2, 0.25) is 0 Å². The fourth-order valence-electron chi connectivity index (χ4n) is 1.66. The predicted molar refractivity (Wildman–Crippen MR) is 74.8 cm³/mol. The molecule has 7 nitrogen and oxygen atoms in total. The van der Waals surface area contributed by atoms with Gasteiger partial charge in [0.15, 0.2) is 0 Å². The molecule has 0 fully saturated rings. The first-order chi connectivity index (χ1) is 9.52. The van der Waals surface area contributed by atoms with Crippen molar-refractivity contribution < 1.29 is 24.2 Å². The lowest BCUT2D eigenvalue weighted by Crippen LogP contribution is -2.56. The summed E-state index contributed by atoms with van der Waals surface area (Å²) in [5.74, 6) is -1.01. The number of nitrogens with one attached hydrogen (secondary N) is 2. The number of methoxy groups -OCH3 is 1. The second-order valence-corrected chi connectivity index (χ2v) is 4.43. The van der Waals surface area contributed by atoms with Crippen LogP contribution in [-0.4, -0.2) is 56.1 Å². The van der Waals surface area contributed by atoms with Gasteiger partial charge in [-0.05, 0) is 19.3 Å². The molecule has 0 unspecified atom stereocenters. The van der Waals surface area contributed by atoms with Crippen LogP contribution in [0, 0.1) is 0 Å². The number of aliphatic carboxylic acids is 1. The first-order valence-corrected chi connectivity index (χ1v) is 6.88. The van der Waals surface area contributed by atoms with Gasteiger partial charge in [-0.15, -0.1) is 0 Å². The standard InChI is InChI=1S/C13H26N2O5/c1-4-13(5-2,11(16)17)15-12(18)14-7-6-8-20-10-9-19-3/h4-10H2,1-3H3,(H,16,17)(H2,14,15,18). The van der Waals surface area contributed by atoms with Crippen molar-refractivity contribution in [3.05, 3.63) is 0 Å². The van der Waals surface area contributed by atoms with E-state index in [1.54, 1.807) is 21.0 Å². The van der Waals surface area contributed by atoms with Crippen LogP contribution in [0.1, 0.15) is 33.1 Å². The molecule has 2 amide bonds. The molecule has 0 aromatic carbocycles. The molecule has 0 aromatic rings. The van der Waals surface area contributed by atoms with Crippen molar-refractivity contribution in [3.63, 3.8) is 0 Å². The van der Waals surface area contributed by atoms with Gasteiger partial charge in [-0.25, -0.2) is 9.59 Å². The normalized spacial score (nSPS) is 11.2. The zero-order chi connectivity index (χ0) is 15.4. The molecule has 0 aliphatic rings. The Balaban J connectivity index is 3.89. The quantitative estimate of drug-likeness (QED) is 0.493. The minimum absolute atomic E-state index is 0.340. The Labute approximate surface area is 120 Å². The summed E-state index contributed by atoms with van der Waals surface area (Å²) < 4.78 is 10.1. The number of rotatable bonds is 11. The van der Waals surface area contributed by atoms with Crippen LogP contribution in [0.4, 0.5) is 4.79 Å². The second kappa shape index (κ2) is 10.4. The number of hydrogen-bond acceptors (Lipinski definition) is 4. The van der Waals surface area contributed by atoms with Crippen molar-refractivity contribution in [2.45, 2.75) is 38.6 Å². The van der Waals surface area contributed by atoms with Gasteiger partial charge in [-0.2, -0.15) is 0 Å². The van der Waals surface area contributed by atoms with Gasteiger partial charge < -0.3 is 25.2 Å². The van der Waals surface area contributed by atoms with Gasteiger partial charge in [0, 0.05) is 20.3 Å². The van der Waals surface area contributed by atoms with Gasteiger partial charge >= 0.3 is 12.0 Å². The molecule has 0 saturated heterocycles. The molecule has 0 aliphatic carbocycles. The van der Waals surface area contributed by atoms with Crippen LogP contribution in [0.3, 0.4) is 0 Å². The van der Waals surface area contributed by atoms with Gasteiger partial charge in [-0.1, -0.05) is 13.8 Å². The number of carbonyl (C=O) groups is 2. The molecule has 20 heavy (non-hydrogen) atoms. The summed E-state index contributed by atoms with van der Waals surface area (Å²) in [6.07, 6.45) is 1.34. The van der Waals surface area contributed by atoms with E-state index in [0.717, 1.165) is 0 Å². The number of carboxylic acids is 1. The van der Waals surface area contributed by atoms with Gasteiger partial charge in [0.2, 0.25) is 0 Å². The molecule has 7 heteroatoms. The first kappa shape index (κ1) is 18.7. The molecular formula is C13H26N2O5. The van der Waals surface area contributed by atoms with E-state index in [2.05, 4.69) is 10.6 Å². The van der Waals surface area contributed by atoms with E-state index < -0.39 is 17.5 Å². The lowest BCUT2D eigenvalue weighted by atomic mass is 9.93. The summed E-state index contributed by atoms with van der Waals surface area (Å²) >= 11 is 0. The maximum absolute atomic E-state index is 11.7. The Morgan fingerprint density at radius 2 is 1.80 bits per heavy atom. The number of ether oxygens (including phenoxy) is 2. The molecule has 0 heterocycles. The largest absolute Gasteiger partial charge is 0.480 e. The Morgan fingerprint density at radius 1 is 1.15 bits per heavy atom. The van der Waals surface area contributed by atoms with E-state index in [-0.39, 0.29) is 0 Å². The van der Waals surface area contributed by atoms with Crippen molar-refractivity contribution in [2.24, 2.45) is 0 Å². The average Bonchev–Trinajstić information content (AvgIpc) is 2.43. The van der Waals surface area contributed by atoms with Crippen molar-refractivity contribution in [3.8, 4) is 0 Å². The molecule has 3 N–H and O–H groups in total. The monoisotopic (exact) mass is 290 g/mol. The molecule has 0 spiro atoms. The predicted octanol–water partition coefficient (Wildman–Crippen LogP) is 0.982. The summed E-state index contributed by atoms with van der Waals surface area (Å²) in [4.78, 5) is 22.9. The van der Waals surface area contributed by atoms with Gasteiger partial charge in [0.05, 0.1) is 13.2 Å². The van der Waals surface area contributed by atoms with Crippen molar-refractivity contribution in [2.75, 3.05) is 33.5 Å². The van der Waals surface area contributed by atoms with Crippen LogP contribution in [-0.2, 0) is 14.3 Å². The SMILES string of the molecule is CCC(CC)(NC(=O)NCCCOCCOC)C(=O)O. The minimum Gasteiger partial charge on any atom is -0.480 e. The Bertz CT molecular complexity index is 292. The number of carbonyl (C=O) groups excluding carboxylic acids is 1.